The minimum absolute atomic E-state index is 0.153. The Balaban J connectivity index is 0.000000195. The van der Waals surface area contributed by atoms with Crippen LogP contribution in [0.25, 0.3) is 22.6 Å². The molecule has 0 aliphatic carbocycles. The van der Waals surface area contributed by atoms with Crippen LogP contribution in [0.15, 0.2) is 23.5 Å². The first kappa shape index (κ1) is 23.3. The van der Waals surface area contributed by atoms with Crippen molar-refractivity contribution in [1.29, 1.82) is 0 Å². The van der Waals surface area contributed by atoms with Gasteiger partial charge in [0.25, 0.3) is 5.56 Å². The number of aryl methyl sites for hydroxylation is 2. The standard InChI is InChI=1S/C12H12N6O.C9H18N2O2/c1-3-18-10(8-4-13-7(2)14-5-8)17-9-11(18)15-6-16-12(9)19;1-10(2)7-8-13-9(12)11-5-3-4-6-11/h4-6H,3H2,1-2H3,(H,15,16,19);3-8H2,1-2H3. The Kier molecular flexibility index (Phi) is 7.87. The zero-order chi connectivity index (χ0) is 23.1. The molecule has 1 saturated heterocycles. The van der Waals surface area contributed by atoms with Crippen LogP contribution in [0.5, 0.6) is 0 Å². The number of ether oxygens (including phenoxy) is 1. The molecular formula is C21H30N8O3. The van der Waals surface area contributed by atoms with E-state index in [9.17, 15) is 9.59 Å². The predicted octanol–water partition coefficient (Wildman–Crippen LogP) is 1.69. The van der Waals surface area contributed by atoms with Crippen LogP contribution in [-0.4, -0.2) is 85.7 Å². The molecular weight excluding hydrogens is 412 g/mol. The largest absolute Gasteiger partial charge is 0.448 e. The Bertz CT molecular complexity index is 1080. The SMILES string of the molecule is CCn1c(-c2cnc(C)nc2)nc2c(=O)[nH]cnc21.CN(C)CCOC(=O)N1CCCC1. The van der Waals surface area contributed by atoms with Crippen LogP contribution in [0.1, 0.15) is 25.6 Å². The smallest absolute Gasteiger partial charge is 0.409 e. The molecule has 32 heavy (non-hydrogen) atoms. The maximum atomic E-state index is 11.7. The highest BCUT2D eigenvalue weighted by Gasteiger charge is 2.18. The van der Waals surface area contributed by atoms with Crippen molar-refractivity contribution in [3.8, 4) is 11.4 Å². The second-order valence-corrected chi connectivity index (χ2v) is 7.71. The minimum Gasteiger partial charge on any atom is -0.448 e. The molecule has 0 aromatic carbocycles. The maximum absolute atomic E-state index is 11.7. The minimum atomic E-state index is -0.244. The van der Waals surface area contributed by atoms with Crippen molar-refractivity contribution < 1.29 is 9.53 Å². The lowest BCUT2D eigenvalue weighted by molar-refractivity contribution is 0.104. The fraction of sp³-hybridized carbons (Fsp3) is 0.524. The van der Waals surface area contributed by atoms with E-state index in [0.29, 0.717) is 36.0 Å². The second-order valence-electron chi connectivity index (χ2n) is 7.71. The molecule has 172 valence electrons. The van der Waals surface area contributed by atoms with Crippen LogP contribution in [0.2, 0.25) is 0 Å². The molecule has 1 fully saturated rings. The monoisotopic (exact) mass is 442 g/mol. The van der Waals surface area contributed by atoms with E-state index in [1.807, 2.05) is 37.4 Å². The molecule has 0 atom stereocenters. The van der Waals surface area contributed by atoms with E-state index in [0.717, 1.165) is 38.0 Å². The lowest BCUT2D eigenvalue weighted by Crippen LogP contribution is -2.30. The summed E-state index contributed by atoms with van der Waals surface area (Å²) in [7, 11) is 3.92. The van der Waals surface area contributed by atoms with Crippen LogP contribution >= 0.6 is 0 Å². The van der Waals surface area contributed by atoms with E-state index >= 15 is 0 Å². The topological polar surface area (TPSA) is 122 Å². The third-order valence-corrected chi connectivity index (χ3v) is 5.02. The fourth-order valence-corrected chi connectivity index (χ4v) is 3.28. The van der Waals surface area contributed by atoms with E-state index < -0.39 is 0 Å². The Labute approximate surface area is 186 Å². The van der Waals surface area contributed by atoms with Gasteiger partial charge in [-0.05, 0) is 40.8 Å². The van der Waals surface area contributed by atoms with E-state index in [2.05, 4.69) is 24.9 Å². The summed E-state index contributed by atoms with van der Waals surface area (Å²) >= 11 is 0. The summed E-state index contributed by atoms with van der Waals surface area (Å²) < 4.78 is 6.96. The molecule has 1 N–H and O–H groups in total. The first-order chi connectivity index (χ1) is 15.4. The highest BCUT2D eigenvalue weighted by atomic mass is 16.6. The molecule has 11 nitrogen and oxygen atoms in total. The number of likely N-dealkylation sites (tertiary alicyclic amines) is 1. The molecule has 4 rings (SSSR count). The number of nitrogens with zero attached hydrogens (tertiary/aromatic N) is 7. The van der Waals surface area contributed by atoms with Crippen molar-refractivity contribution >= 4 is 17.3 Å². The lowest BCUT2D eigenvalue weighted by atomic mass is 10.3. The summed E-state index contributed by atoms with van der Waals surface area (Å²) in [6, 6.07) is 0. The average Bonchev–Trinajstić information content (AvgIpc) is 3.43. The summed E-state index contributed by atoms with van der Waals surface area (Å²) in [6.07, 6.45) is 6.85. The number of hydrogen-bond donors (Lipinski definition) is 1. The summed E-state index contributed by atoms with van der Waals surface area (Å²) in [6.45, 7) is 7.46. The Morgan fingerprint density at radius 2 is 1.88 bits per heavy atom. The van der Waals surface area contributed by atoms with Gasteiger partial charge in [-0.25, -0.2) is 24.7 Å². The van der Waals surface area contributed by atoms with Gasteiger partial charge in [-0.3, -0.25) is 4.79 Å². The number of imidazole rings is 1. The summed E-state index contributed by atoms with van der Waals surface area (Å²) in [5.74, 6) is 1.35. The number of carbonyl (C=O) groups is 1. The molecule has 1 aliphatic rings. The Morgan fingerprint density at radius 1 is 1.19 bits per heavy atom. The van der Waals surface area contributed by atoms with Crippen LogP contribution < -0.4 is 5.56 Å². The number of carbonyl (C=O) groups excluding carboxylic acids is 1. The van der Waals surface area contributed by atoms with Gasteiger partial charge in [0.2, 0.25) is 0 Å². The third kappa shape index (κ3) is 5.67. The zero-order valence-electron chi connectivity index (χ0n) is 19.0. The molecule has 3 aromatic rings. The number of aromatic nitrogens is 6. The number of H-pyrrole nitrogens is 1. The number of hydrogen-bond acceptors (Lipinski definition) is 8. The van der Waals surface area contributed by atoms with Gasteiger partial charge >= 0.3 is 6.09 Å². The second kappa shape index (κ2) is 10.8. The Morgan fingerprint density at radius 3 is 2.50 bits per heavy atom. The number of nitrogens with one attached hydrogen (secondary N) is 1. The van der Waals surface area contributed by atoms with E-state index in [-0.39, 0.29) is 11.7 Å². The number of likely N-dealkylation sites (N-methyl/N-ethyl adjacent to an activating group) is 1. The zero-order valence-corrected chi connectivity index (χ0v) is 19.0. The van der Waals surface area contributed by atoms with Crippen LogP contribution in [0.3, 0.4) is 0 Å². The van der Waals surface area contributed by atoms with Crippen LogP contribution in [0, 0.1) is 6.92 Å². The quantitative estimate of drug-likeness (QED) is 0.633. The number of aromatic amines is 1. The molecule has 1 aliphatic heterocycles. The summed E-state index contributed by atoms with van der Waals surface area (Å²) in [5, 5.41) is 0. The molecule has 1 amide bonds. The van der Waals surface area contributed by atoms with Crippen molar-refractivity contribution in [2.45, 2.75) is 33.2 Å². The maximum Gasteiger partial charge on any atom is 0.409 e. The molecule has 0 spiro atoms. The molecule has 11 heteroatoms. The molecule has 0 saturated carbocycles. The van der Waals surface area contributed by atoms with Crippen molar-refractivity contribution in [2.75, 3.05) is 40.3 Å². The number of fused-ring (bicyclic) bond motifs is 1. The highest BCUT2D eigenvalue weighted by Crippen LogP contribution is 2.20. The van der Waals surface area contributed by atoms with Crippen molar-refractivity contribution in [3.05, 3.63) is 34.9 Å². The first-order valence-electron chi connectivity index (χ1n) is 10.7. The molecule has 0 radical (unpaired) electrons. The number of rotatable bonds is 5. The summed E-state index contributed by atoms with van der Waals surface area (Å²) in [5.41, 5.74) is 1.43. The average molecular weight is 443 g/mol. The van der Waals surface area contributed by atoms with Gasteiger partial charge in [-0.1, -0.05) is 0 Å². The van der Waals surface area contributed by atoms with Crippen LogP contribution in [0.4, 0.5) is 4.79 Å². The lowest BCUT2D eigenvalue weighted by Gasteiger charge is -2.16. The van der Waals surface area contributed by atoms with Gasteiger partial charge in [-0.15, -0.1) is 0 Å². The van der Waals surface area contributed by atoms with Gasteiger partial charge in [0, 0.05) is 38.6 Å². The molecule has 0 unspecified atom stereocenters. The first-order valence-corrected chi connectivity index (χ1v) is 10.7. The van der Waals surface area contributed by atoms with E-state index in [1.165, 1.54) is 6.33 Å². The van der Waals surface area contributed by atoms with Crippen molar-refractivity contribution in [2.24, 2.45) is 0 Å². The summed E-state index contributed by atoms with van der Waals surface area (Å²) in [4.78, 5) is 46.2. The van der Waals surface area contributed by atoms with Crippen molar-refractivity contribution in [3.63, 3.8) is 0 Å². The number of amides is 1. The van der Waals surface area contributed by atoms with Crippen molar-refractivity contribution in [1.82, 2.24) is 39.3 Å². The third-order valence-electron chi connectivity index (χ3n) is 5.02. The highest BCUT2D eigenvalue weighted by molar-refractivity contribution is 5.75. The van der Waals surface area contributed by atoms with Gasteiger partial charge in [-0.2, -0.15) is 0 Å². The van der Waals surface area contributed by atoms with Gasteiger partial charge in [0.05, 0.1) is 11.9 Å². The van der Waals surface area contributed by atoms with Crippen LogP contribution in [-0.2, 0) is 11.3 Å². The van der Waals surface area contributed by atoms with Gasteiger partial charge < -0.3 is 24.1 Å². The Hall–Kier alpha value is -3.34. The predicted molar refractivity (Wildman–Crippen MR) is 120 cm³/mol. The van der Waals surface area contributed by atoms with E-state index in [1.54, 1.807) is 17.3 Å². The molecule has 3 aromatic heterocycles. The van der Waals surface area contributed by atoms with E-state index in [4.69, 9.17) is 4.74 Å². The van der Waals surface area contributed by atoms with Gasteiger partial charge in [0.15, 0.2) is 11.2 Å². The molecule has 0 bridgehead atoms. The molecule has 4 heterocycles. The fourth-order valence-electron chi connectivity index (χ4n) is 3.28. The van der Waals surface area contributed by atoms with Gasteiger partial charge in [0.1, 0.15) is 18.3 Å². The normalized spacial score (nSPS) is 13.3.